The molecule has 0 spiro atoms. The van der Waals surface area contributed by atoms with E-state index in [4.69, 9.17) is 4.74 Å². The van der Waals surface area contributed by atoms with Crippen molar-refractivity contribution < 1.29 is 13.9 Å². The van der Waals surface area contributed by atoms with Gasteiger partial charge in [-0.05, 0) is 35.4 Å². The summed E-state index contributed by atoms with van der Waals surface area (Å²) in [6.45, 7) is 0.228. The average Bonchev–Trinajstić information content (AvgIpc) is 3.23. The van der Waals surface area contributed by atoms with Gasteiger partial charge in [-0.3, -0.25) is 4.79 Å². The van der Waals surface area contributed by atoms with Crippen LogP contribution in [0.25, 0.3) is 0 Å². The van der Waals surface area contributed by atoms with E-state index in [0.717, 1.165) is 17.0 Å². The van der Waals surface area contributed by atoms with Crippen molar-refractivity contribution in [1.82, 2.24) is 14.9 Å². The Balaban J connectivity index is 1.57. The predicted octanol–water partition coefficient (Wildman–Crippen LogP) is 4.66. The van der Waals surface area contributed by atoms with Crippen LogP contribution in [0.4, 0.5) is 4.39 Å². The predicted molar refractivity (Wildman–Crippen MR) is 116 cm³/mol. The molecule has 4 rings (SSSR count). The monoisotopic (exact) mass is 415 g/mol. The van der Waals surface area contributed by atoms with E-state index >= 15 is 0 Å². The summed E-state index contributed by atoms with van der Waals surface area (Å²) >= 11 is 0. The molecule has 1 atom stereocenters. The van der Waals surface area contributed by atoms with Gasteiger partial charge in [0.2, 0.25) is 0 Å². The lowest BCUT2D eigenvalue weighted by atomic mass is 10.1. The van der Waals surface area contributed by atoms with Crippen LogP contribution in [-0.2, 0) is 13.7 Å². The zero-order valence-corrected chi connectivity index (χ0v) is 17.0. The van der Waals surface area contributed by atoms with Crippen LogP contribution < -0.4 is 10.1 Å². The van der Waals surface area contributed by atoms with Gasteiger partial charge in [0, 0.05) is 19.4 Å². The van der Waals surface area contributed by atoms with Gasteiger partial charge in [-0.25, -0.2) is 9.37 Å². The molecular weight excluding hydrogens is 393 g/mol. The van der Waals surface area contributed by atoms with Gasteiger partial charge in [0.15, 0.2) is 0 Å². The maximum atomic E-state index is 13.2. The van der Waals surface area contributed by atoms with Gasteiger partial charge in [-0.1, -0.05) is 54.6 Å². The third-order valence-corrected chi connectivity index (χ3v) is 4.96. The SMILES string of the molecule is Cn1ccnc1[C@H](NC(=O)c1ccccc1OCc1ccc(F)cc1)c1ccccc1. The number of aryl methyl sites for hydroxylation is 1. The number of para-hydroxylation sites is 1. The summed E-state index contributed by atoms with van der Waals surface area (Å²) in [6.07, 6.45) is 3.55. The number of ether oxygens (including phenoxy) is 1. The fourth-order valence-electron chi connectivity index (χ4n) is 3.33. The van der Waals surface area contributed by atoms with E-state index in [1.165, 1.54) is 12.1 Å². The van der Waals surface area contributed by atoms with Crippen molar-refractivity contribution in [2.75, 3.05) is 0 Å². The highest BCUT2D eigenvalue weighted by atomic mass is 19.1. The standard InChI is InChI=1S/C25H22FN3O2/c1-29-16-15-27-24(29)23(19-7-3-2-4-8-19)28-25(30)21-9-5-6-10-22(21)31-17-18-11-13-20(26)14-12-18/h2-16,23H,17H2,1H3,(H,28,30)/t23-/m1/s1. The lowest BCUT2D eigenvalue weighted by Crippen LogP contribution is -2.31. The van der Waals surface area contributed by atoms with Crippen molar-refractivity contribution in [3.8, 4) is 5.75 Å². The Morgan fingerprint density at radius 2 is 1.74 bits per heavy atom. The molecule has 5 nitrogen and oxygen atoms in total. The molecule has 0 aliphatic rings. The number of imidazole rings is 1. The summed E-state index contributed by atoms with van der Waals surface area (Å²) in [5.41, 5.74) is 2.15. The first-order valence-electron chi connectivity index (χ1n) is 9.91. The van der Waals surface area contributed by atoms with Gasteiger partial charge in [-0.15, -0.1) is 0 Å². The summed E-state index contributed by atoms with van der Waals surface area (Å²) < 4.78 is 20.9. The molecule has 0 unspecified atom stereocenters. The van der Waals surface area contributed by atoms with Crippen LogP contribution in [0.5, 0.6) is 5.75 Å². The van der Waals surface area contributed by atoms with E-state index < -0.39 is 6.04 Å². The normalized spacial score (nSPS) is 11.7. The van der Waals surface area contributed by atoms with E-state index in [2.05, 4.69) is 10.3 Å². The molecule has 0 aliphatic heterocycles. The Labute approximate surface area is 180 Å². The second-order valence-electron chi connectivity index (χ2n) is 7.12. The van der Waals surface area contributed by atoms with Gasteiger partial charge >= 0.3 is 0 Å². The van der Waals surface area contributed by atoms with E-state index in [1.54, 1.807) is 36.5 Å². The van der Waals surface area contributed by atoms with Crippen LogP contribution in [0, 0.1) is 5.82 Å². The molecule has 0 saturated carbocycles. The number of amides is 1. The van der Waals surface area contributed by atoms with Gasteiger partial charge < -0.3 is 14.6 Å². The molecule has 156 valence electrons. The van der Waals surface area contributed by atoms with E-state index in [1.807, 2.05) is 54.2 Å². The average molecular weight is 415 g/mol. The summed E-state index contributed by atoms with van der Waals surface area (Å²) in [4.78, 5) is 17.7. The molecule has 1 N–H and O–H groups in total. The minimum absolute atomic E-state index is 0.228. The van der Waals surface area contributed by atoms with Crippen molar-refractivity contribution in [1.29, 1.82) is 0 Å². The maximum Gasteiger partial charge on any atom is 0.255 e. The molecule has 6 heteroatoms. The minimum Gasteiger partial charge on any atom is -0.488 e. The number of nitrogens with zero attached hydrogens (tertiary/aromatic N) is 2. The summed E-state index contributed by atoms with van der Waals surface area (Å²) in [5, 5.41) is 3.09. The minimum atomic E-state index is -0.418. The first kappa shape index (κ1) is 20.3. The van der Waals surface area contributed by atoms with Gasteiger partial charge in [-0.2, -0.15) is 0 Å². The lowest BCUT2D eigenvalue weighted by molar-refractivity contribution is 0.0936. The second kappa shape index (κ2) is 9.26. The Morgan fingerprint density at radius 1 is 1.03 bits per heavy atom. The summed E-state index contributed by atoms with van der Waals surface area (Å²) in [6, 6.07) is 22.4. The van der Waals surface area contributed by atoms with Crippen LogP contribution in [-0.4, -0.2) is 15.5 Å². The fourth-order valence-corrected chi connectivity index (χ4v) is 3.33. The number of hydrogen-bond donors (Lipinski definition) is 1. The zero-order valence-electron chi connectivity index (χ0n) is 17.0. The first-order valence-corrected chi connectivity index (χ1v) is 9.91. The molecule has 3 aromatic carbocycles. The number of carbonyl (C=O) groups excluding carboxylic acids is 1. The van der Waals surface area contributed by atoms with E-state index in [-0.39, 0.29) is 18.3 Å². The third kappa shape index (κ3) is 4.80. The van der Waals surface area contributed by atoms with Gasteiger partial charge in [0.1, 0.15) is 30.0 Å². The van der Waals surface area contributed by atoms with Crippen molar-refractivity contribution in [3.63, 3.8) is 0 Å². The Kier molecular flexibility index (Phi) is 6.08. The van der Waals surface area contributed by atoms with Crippen molar-refractivity contribution in [3.05, 3.63) is 120 Å². The largest absolute Gasteiger partial charge is 0.488 e. The van der Waals surface area contributed by atoms with Crippen molar-refractivity contribution >= 4 is 5.91 Å². The number of aromatic nitrogens is 2. The zero-order chi connectivity index (χ0) is 21.6. The lowest BCUT2D eigenvalue weighted by Gasteiger charge is -2.20. The highest BCUT2D eigenvalue weighted by molar-refractivity contribution is 5.97. The molecule has 31 heavy (non-hydrogen) atoms. The van der Waals surface area contributed by atoms with Crippen LogP contribution in [0.3, 0.4) is 0 Å². The molecule has 0 radical (unpaired) electrons. The number of rotatable bonds is 7. The quantitative estimate of drug-likeness (QED) is 0.478. The highest BCUT2D eigenvalue weighted by Gasteiger charge is 2.23. The molecule has 1 heterocycles. The number of hydrogen-bond acceptors (Lipinski definition) is 3. The summed E-state index contributed by atoms with van der Waals surface area (Å²) in [7, 11) is 1.89. The molecule has 0 bridgehead atoms. The molecule has 1 amide bonds. The molecule has 1 aromatic heterocycles. The smallest absolute Gasteiger partial charge is 0.255 e. The molecular formula is C25H22FN3O2. The fraction of sp³-hybridized carbons (Fsp3) is 0.120. The maximum absolute atomic E-state index is 13.2. The number of benzene rings is 3. The van der Waals surface area contributed by atoms with Gasteiger partial charge in [0.05, 0.1) is 5.56 Å². The third-order valence-electron chi connectivity index (χ3n) is 4.96. The topological polar surface area (TPSA) is 56.2 Å². The number of carbonyl (C=O) groups is 1. The van der Waals surface area contributed by atoms with Crippen molar-refractivity contribution in [2.24, 2.45) is 7.05 Å². The Morgan fingerprint density at radius 3 is 2.45 bits per heavy atom. The first-order chi connectivity index (χ1) is 15.1. The van der Waals surface area contributed by atoms with Crippen LogP contribution in [0.2, 0.25) is 0 Å². The Hall–Kier alpha value is -3.93. The molecule has 0 fully saturated rings. The second-order valence-corrected chi connectivity index (χ2v) is 7.12. The number of nitrogens with one attached hydrogen (secondary N) is 1. The highest BCUT2D eigenvalue weighted by Crippen LogP contribution is 2.24. The van der Waals surface area contributed by atoms with Crippen LogP contribution in [0.15, 0.2) is 91.3 Å². The summed E-state index contributed by atoms with van der Waals surface area (Å²) in [5.74, 6) is 0.608. The molecule has 0 saturated heterocycles. The molecule has 0 aliphatic carbocycles. The Bertz CT molecular complexity index is 1160. The van der Waals surface area contributed by atoms with Crippen molar-refractivity contribution in [2.45, 2.75) is 12.6 Å². The van der Waals surface area contributed by atoms with E-state index in [9.17, 15) is 9.18 Å². The van der Waals surface area contributed by atoms with E-state index in [0.29, 0.717) is 11.3 Å². The molecule has 4 aromatic rings. The van der Waals surface area contributed by atoms with Crippen LogP contribution >= 0.6 is 0 Å². The van der Waals surface area contributed by atoms with Gasteiger partial charge in [0.25, 0.3) is 5.91 Å². The number of halogens is 1. The van der Waals surface area contributed by atoms with Crippen LogP contribution in [0.1, 0.15) is 33.4 Å².